The van der Waals surface area contributed by atoms with Gasteiger partial charge in [-0.3, -0.25) is 4.98 Å². The Morgan fingerprint density at radius 3 is 2.59 bits per heavy atom. The molecule has 2 aromatic rings. The molecular weight excluding hydrogens is 280 g/mol. The Labute approximate surface area is 127 Å². The number of pyridine rings is 1. The van der Waals surface area contributed by atoms with E-state index in [0.717, 1.165) is 30.0 Å². The van der Waals surface area contributed by atoms with Crippen LogP contribution in [0, 0.1) is 11.3 Å². The van der Waals surface area contributed by atoms with Crippen LogP contribution in [0.15, 0.2) is 48.4 Å². The number of aliphatic carboxylic acids is 1. The Morgan fingerprint density at radius 1 is 1.18 bits per heavy atom. The predicted octanol–water partition coefficient (Wildman–Crippen LogP) is 2.72. The lowest BCUT2D eigenvalue weighted by Crippen LogP contribution is -1.99. The van der Waals surface area contributed by atoms with Gasteiger partial charge in [0.05, 0.1) is 17.3 Å². The van der Waals surface area contributed by atoms with Gasteiger partial charge in [0.25, 0.3) is 0 Å². The number of nitrogens with zero attached hydrogens (tertiary/aromatic N) is 2. The summed E-state index contributed by atoms with van der Waals surface area (Å²) in [4.78, 5) is 14.6. The maximum atomic E-state index is 10.5. The first-order valence-electron chi connectivity index (χ1n) is 6.66. The van der Waals surface area contributed by atoms with Crippen molar-refractivity contribution in [1.82, 2.24) is 4.98 Å². The van der Waals surface area contributed by atoms with Crippen molar-refractivity contribution in [1.29, 1.82) is 5.26 Å². The SMILES string of the molecule is N#Cc1cccc(CCc2ccc(/C=C(\O)C(=O)O)nc2)c1. The quantitative estimate of drug-likeness (QED) is 0.653. The third-order valence-corrected chi connectivity index (χ3v) is 3.11. The number of benzene rings is 1. The summed E-state index contributed by atoms with van der Waals surface area (Å²) in [6.07, 6.45) is 4.29. The first-order chi connectivity index (χ1) is 10.6. The second-order valence-electron chi connectivity index (χ2n) is 4.74. The van der Waals surface area contributed by atoms with Crippen molar-refractivity contribution >= 4 is 12.0 Å². The summed E-state index contributed by atoms with van der Waals surface area (Å²) < 4.78 is 0. The normalized spacial score (nSPS) is 11.0. The Balaban J connectivity index is 2.01. The van der Waals surface area contributed by atoms with Crippen molar-refractivity contribution in [3.63, 3.8) is 0 Å². The van der Waals surface area contributed by atoms with Crippen molar-refractivity contribution in [2.75, 3.05) is 0 Å². The van der Waals surface area contributed by atoms with Crippen LogP contribution < -0.4 is 0 Å². The minimum Gasteiger partial charge on any atom is -0.502 e. The number of aryl methyl sites for hydroxylation is 2. The molecule has 2 N–H and O–H groups in total. The maximum absolute atomic E-state index is 10.5. The monoisotopic (exact) mass is 294 g/mol. The Kier molecular flexibility index (Phi) is 4.89. The molecule has 0 aliphatic rings. The molecule has 5 heteroatoms. The fourth-order valence-corrected chi connectivity index (χ4v) is 1.96. The van der Waals surface area contributed by atoms with E-state index in [4.69, 9.17) is 15.5 Å². The lowest BCUT2D eigenvalue weighted by molar-refractivity contribution is -0.135. The Hall–Kier alpha value is -3.13. The number of hydrogen-bond acceptors (Lipinski definition) is 4. The predicted molar refractivity (Wildman–Crippen MR) is 81.0 cm³/mol. The fourth-order valence-electron chi connectivity index (χ4n) is 1.96. The van der Waals surface area contributed by atoms with Crippen molar-refractivity contribution < 1.29 is 15.0 Å². The van der Waals surface area contributed by atoms with Crippen molar-refractivity contribution in [2.24, 2.45) is 0 Å². The molecule has 22 heavy (non-hydrogen) atoms. The first-order valence-corrected chi connectivity index (χ1v) is 6.66. The van der Waals surface area contributed by atoms with E-state index in [9.17, 15) is 4.79 Å². The summed E-state index contributed by atoms with van der Waals surface area (Å²) in [5.41, 5.74) is 3.09. The largest absolute Gasteiger partial charge is 0.502 e. The Morgan fingerprint density at radius 2 is 1.95 bits per heavy atom. The molecule has 0 aliphatic carbocycles. The maximum Gasteiger partial charge on any atom is 0.371 e. The van der Waals surface area contributed by atoms with Gasteiger partial charge in [-0.15, -0.1) is 0 Å². The standard InChI is InChI=1S/C17H14N2O3/c18-10-14-3-1-2-12(8-14)4-5-13-6-7-15(19-11-13)9-16(20)17(21)22/h1-3,6-9,11,20H,4-5H2,(H,21,22)/b16-9-. The average Bonchev–Trinajstić information content (AvgIpc) is 2.54. The molecule has 2 rings (SSSR count). The van der Waals surface area contributed by atoms with Crippen LogP contribution in [0.1, 0.15) is 22.4 Å². The van der Waals surface area contributed by atoms with E-state index in [0.29, 0.717) is 11.3 Å². The molecule has 0 aliphatic heterocycles. The fraction of sp³-hybridized carbons (Fsp3) is 0.118. The topological polar surface area (TPSA) is 94.2 Å². The van der Waals surface area contributed by atoms with Gasteiger partial charge in [0.1, 0.15) is 0 Å². The van der Waals surface area contributed by atoms with Crippen molar-refractivity contribution in [2.45, 2.75) is 12.8 Å². The van der Waals surface area contributed by atoms with Crippen LogP contribution in [-0.4, -0.2) is 21.2 Å². The molecule has 0 atom stereocenters. The number of carbonyl (C=O) groups is 1. The summed E-state index contributed by atoms with van der Waals surface area (Å²) in [5, 5.41) is 26.6. The van der Waals surface area contributed by atoms with Crippen LogP contribution in [0.2, 0.25) is 0 Å². The number of aliphatic hydroxyl groups excluding tert-OH is 1. The second-order valence-corrected chi connectivity index (χ2v) is 4.74. The number of rotatable bonds is 5. The van der Waals surface area contributed by atoms with Crippen LogP contribution in [0.4, 0.5) is 0 Å². The van der Waals surface area contributed by atoms with Gasteiger partial charge in [0.2, 0.25) is 5.76 Å². The van der Waals surface area contributed by atoms with E-state index in [1.165, 1.54) is 0 Å². The molecule has 1 heterocycles. The molecule has 0 unspecified atom stereocenters. The van der Waals surface area contributed by atoms with E-state index >= 15 is 0 Å². The molecule has 0 spiro atoms. The van der Waals surface area contributed by atoms with Crippen molar-refractivity contribution in [3.8, 4) is 6.07 Å². The zero-order valence-corrected chi connectivity index (χ0v) is 11.7. The molecule has 1 aromatic carbocycles. The van der Waals surface area contributed by atoms with Crippen molar-refractivity contribution in [3.05, 3.63) is 70.7 Å². The smallest absolute Gasteiger partial charge is 0.371 e. The van der Waals surface area contributed by atoms with E-state index in [-0.39, 0.29) is 0 Å². The number of nitriles is 1. The molecular formula is C17H14N2O3. The molecule has 0 amide bonds. The number of aliphatic hydroxyl groups is 1. The minimum absolute atomic E-state index is 0.384. The third-order valence-electron chi connectivity index (χ3n) is 3.11. The molecule has 0 bridgehead atoms. The average molecular weight is 294 g/mol. The number of aromatic nitrogens is 1. The number of carboxylic acid groups (broad SMARTS) is 1. The summed E-state index contributed by atoms with van der Waals surface area (Å²) in [7, 11) is 0. The molecule has 0 radical (unpaired) electrons. The highest BCUT2D eigenvalue weighted by molar-refractivity contribution is 5.88. The summed E-state index contributed by atoms with van der Waals surface area (Å²) in [6, 6.07) is 13.0. The van der Waals surface area contributed by atoms with Gasteiger partial charge < -0.3 is 10.2 Å². The highest BCUT2D eigenvalue weighted by Crippen LogP contribution is 2.10. The van der Waals surface area contributed by atoms with E-state index in [1.54, 1.807) is 18.3 Å². The lowest BCUT2D eigenvalue weighted by atomic mass is 10.0. The molecule has 0 saturated heterocycles. The summed E-state index contributed by atoms with van der Waals surface area (Å²) in [6.45, 7) is 0. The van der Waals surface area contributed by atoms with Gasteiger partial charge in [0, 0.05) is 12.3 Å². The molecule has 5 nitrogen and oxygen atoms in total. The number of hydrogen-bond donors (Lipinski definition) is 2. The van der Waals surface area contributed by atoms with Gasteiger partial charge in [-0.05, 0) is 42.2 Å². The van der Waals surface area contributed by atoms with Crippen LogP contribution in [0.25, 0.3) is 6.08 Å². The zero-order chi connectivity index (χ0) is 15.9. The highest BCUT2D eigenvalue weighted by atomic mass is 16.4. The van der Waals surface area contributed by atoms with Gasteiger partial charge in [-0.25, -0.2) is 4.79 Å². The van der Waals surface area contributed by atoms with E-state index < -0.39 is 11.7 Å². The van der Waals surface area contributed by atoms with E-state index in [1.807, 2.05) is 24.3 Å². The summed E-state index contributed by atoms with van der Waals surface area (Å²) >= 11 is 0. The van der Waals surface area contributed by atoms with Gasteiger partial charge in [0.15, 0.2) is 0 Å². The van der Waals surface area contributed by atoms with Crippen LogP contribution in [0.5, 0.6) is 0 Å². The molecule has 0 saturated carbocycles. The minimum atomic E-state index is -1.39. The third kappa shape index (κ3) is 4.18. The second kappa shape index (κ2) is 7.04. The lowest BCUT2D eigenvalue weighted by Gasteiger charge is -2.03. The molecule has 0 fully saturated rings. The van der Waals surface area contributed by atoms with Crippen LogP contribution >= 0.6 is 0 Å². The Bertz CT molecular complexity index is 743. The van der Waals surface area contributed by atoms with Gasteiger partial charge in [-0.2, -0.15) is 5.26 Å². The first kappa shape index (κ1) is 15.3. The molecule has 1 aromatic heterocycles. The summed E-state index contributed by atoms with van der Waals surface area (Å²) in [5.74, 6) is -2.13. The highest BCUT2D eigenvalue weighted by Gasteiger charge is 2.04. The number of carboxylic acids is 1. The molecule has 110 valence electrons. The van der Waals surface area contributed by atoms with Gasteiger partial charge >= 0.3 is 5.97 Å². The van der Waals surface area contributed by atoms with Gasteiger partial charge in [-0.1, -0.05) is 18.2 Å². The van der Waals surface area contributed by atoms with Crippen LogP contribution in [0.3, 0.4) is 0 Å². The van der Waals surface area contributed by atoms with Crippen LogP contribution in [-0.2, 0) is 17.6 Å². The zero-order valence-electron chi connectivity index (χ0n) is 11.7. The van der Waals surface area contributed by atoms with E-state index in [2.05, 4.69) is 11.1 Å².